The molecule has 1 fully saturated rings. The van der Waals surface area contributed by atoms with E-state index in [-0.39, 0.29) is 4.75 Å². The van der Waals surface area contributed by atoms with Crippen molar-refractivity contribution < 1.29 is 9.26 Å². The van der Waals surface area contributed by atoms with E-state index in [2.05, 4.69) is 36.2 Å². The summed E-state index contributed by atoms with van der Waals surface area (Å²) in [6.07, 6.45) is 2.43. The van der Waals surface area contributed by atoms with Crippen LogP contribution in [0.2, 0.25) is 0 Å². The molecule has 19 heavy (non-hydrogen) atoms. The Balaban J connectivity index is 1.74. The van der Waals surface area contributed by atoms with Crippen LogP contribution in [0, 0.1) is 0 Å². The molecule has 0 radical (unpaired) electrons. The number of hydrogen-bond donors (Lipinski definition) is 1. The lowest BCUT2D eigenvalue weighted by molar-refractivity contribution is 0.00859. The van der Waals surface area contributed by atoms with Gasteiger partial charge in [-0.3, -0.25) is 0 Å². The fourth-order valence-electron chi connectivity index (χ4n) is 1.84. The molecule has 2 rings (SSSR count). The third-order valence-corrected chi connectivity index (χ3v) is 4.14. The summed E-state index contributed by atoms with van der Waals surface area (Å²) in [7, 11) is 0. The van der Waals surface area contributed by atoms with Crippen molar-refractivity contribution in [2.45, 2.75) is 56.8 Å². The third-order valence-electron chi connectivity index (χ3n) is 2.87. The molecule has 0 bridgehead atoms. The van der Waals surface area contributed by atoms with Gasteiger partial charge in [-0.1, -0.05) is 25.9 Å². The minimum Gasteiger partial charge on any atom is -0.368 e. The number of thioether (sulfide) groups is 1. The van der Waals surface area contributed by atoms with Crippen molar-refractivity contribution in [3.05, 3.63) is 11.7 Å². The maximum atomic E-state index is 5.78. The molecule has 0 aliphatic carbocycles. The van der Waals surface area contributed by atoms with Crippen LogP contribution in [0.4, 0.5) is 0 Å². The highest BCUT2D eigenvalue weighted by atomic mass is 32.2. The molecule has 6 heteroatoms. The first kappa shape index (κ1) is 14.8. The number of nitrogens with one attached hydrogen (secondary N) is 1. The van der Waals surface area contributed by atoms with Gasteiger partial charge in [-0.05, 0) is 25.9 Å². The minimum absolute atomic E-state index is 0.215. The summed E-state index contributed by atoms with van der Waals surface area (Å²) in [5, 5.41) is 7.30. The SMILES string of the molecule is CC(C)(C)SCc1noc(COC2CCNCC2)n1. The van der Waals surface area contributed by atoms with Crippen LogP contribution in [-0.2, 0) is 17.1 Å². The maximum Gasteiger partial charge on any atom is 0.252 e. The number of hydrogen-bond acceptors (Lipinski definition) is 6. The van der Waals surface area contributed by atoms with Crippen molar-refractivity contribution in [1.29, 1.82) is 0 Å². The molecule has 0 unspecified atom stereocenters. The fraction of sp³-hybridized carbons (Fsp3) is 0.846. The summed E-state index contributed by atoms with van der Waals surface area (Å²) in [6, 6.07) is 0. The Morgan fingerprint density at radius 2 is 2.11 bits per heavy atom. The van der Waals surface area contributed by atoms with Crippen molar-refractivity contribution in [2.75, 3.05) is 13.1 Å². The lowest BCUT2D eigenvalue weighted by atomic mass is 10.1. The topological polar surface area (TPSA) is 60.2 Å². The quantitative estimate of drug-likeness (QED) is 0.896. The summed E-state index contributed by atoms with van der Waals surface area (Å²) in [6.45, 7) is 9.03. The second kappa shape index (κ2) is 6.72. The molecule has 1 N–H and O–H groups in total. The van der Waals surface area contributed by atoms with Gasteiger partial charge in [-0.15, -0.1) is 11.8 Å². The number of aromatic nitrogens is 2. The predicted molar refractivity (Wildman–Crippen MR) is 76.0 cm³/mol. The van der Waals surface area contributed by atoms with Gasteiger partial charge < -0.3 is 14.6 Å². The standard InChI is InChI=1S/C13H23N3O2S/c1-13(2,3)19-9-11-15-12(18-16-11)8-17-10-4-6-14-7-5-10/h10,14H,4-9H2,1-3H3. The summed E-state index contributed by atoms with van der Waals surface area (Å²) < 4.78 is 11.2. The van der Waals surface area contributed by atoms with Crippen LogP contribution < -0.4 is 5.32 Å². The lowest BCUT2D eigenvalue weighted by Crippen LogP contribution is -2.32. The molecule has 108 valence electrons. The largest absolute Gasteiger partial charge is 0.368 e. The first-order chi connectivity index (χ1) is 9.03. The maximum absolute atomic E-state index is 5.78. The van der Waals surface area contributed by atoms with E-state index in [1.807, 2.05) is 11.8 Å². The van der Waals surface area contributed by atoms with Crippen LogP contribution in [0.1, 0.15) is 45.3 Å². The number of nitrogens with zero attached hydrogens (tertiary/aromatic N) is 2. The summed E-state index contributed by atoms with van der Waals surface area (Å²) in [5.74, 6) is 2.12. The summed E-state index contributed by atoms with van der Waals surface area (Å²) in [5.41, 5.74) is 0. The minimum atomic E-state index is 0.215. The van der Waals surface area contributed by atoms with Gasteiger partial charge >= 0.3 is 0 Å². The average molecular weight is 285 g/mol. The molecular formula is C13H23N3O2S. The molecule has 5 nitrogen and oxygen atoms in total. The highest BCUT2D eigenvalue weighted by molar-refractivity contribution is 7.99. The Hall–Kier alpha value is -0.590. The Morgan fingerprint density at radius 3 is 2.79 bits per heavy atom. The Morgan fingerprint density at radius 1 is 1.37 bits per heavy atom. The molecular weight excluding hydrogens is 262 g/mol. The Kier molecular flexibility index (Phi) is 5.24. The summed E-state index contributed by atoms with van der Waals surface area (Å²) in [4.78, 5) is 4.36. The molecule has 0 saturated carbocycles. The van der Waals surface area contributed by atoms with E-state index in [1.54, 1.807) is 0 Å². The predicted octanol–water partition coefficient (Wildman–Crippen LogP) is 2.37. The molecule has 2 heterocycles. The second-order valence-electron chi connectivity index (χ2n) is 5.77. The van der Waals surface area contributed by atoms with Gasteiger partial charge in [0.15, 0.2) is 5.82 Å². The van der Waals surface area contributed by atoms with Gasteiger partial charge in [-0.25, -0.2) is 0 Å². The van der Waals surface area contributed by atoms with Crippen LogP contribution in [0.5, 0.6) is 0 Å². The highest BCUT2D eigenvalue weighted by Gasteiger charge is 2.16. The molecule has 0 amide bonds. The van der Waals surface area contributed by atoms with Crippen LogP contribution in [-0.4, -0.2) is 34.1 Å². The van der Waals surface area contributed by atoms with E-state index in [4.69, 9.17) is 9.26 Å². The zero-order chi connectivity index (χ0) is 13.7. The monoisotopic (exact) mass is 285 g/mol. The second-order valence-corrected chi connectivity index (χ2v) is 7.57. The van der Waals surface area contributed by atoms with Crippen LogP contribution in [0.3, 0.4) is 0 Å². The Labute approximate surface area is 118 Å². The van der Waals surface area contributed by atoms with Gasteiger partial charge in [0.1, 0.15) is 6.61 Å². The third kappa shape index (κ3) is 5.50. The van der Waals surface area contributed by atoms with Gasteiger partial charge in [-0.2, -0.15) is 4.98 Å². The molecule has 0 atom stereocenters. The van der Waals surface area contributed by atoms with Crippen molar-refractivity contribution in [3.8, 4) is 0 Å². The van der Waals surface area contributed by atoms with Gasteiger partial charge in [0.05, 0.1) is 11.9 Å². The number of rotatable bonds is 5. The van der Waals surface area contributed by atoms with Gasteiger partial charge in [0.25, 0.3) is 5.89 Å². The molecule has 1 aliphatic heterocycles. The zero-order valence-electron chi connectivity index (χ0n) is 11.9. The van der Waals surface area contributed by atoms with Gasteiger partial charge in [0.2, 0.25) is 0 Å². The highest BCUT2D eigenvalue weighted by Crippen LogP contribution is 2.26. The van der Waals surface area contributed by atoms with Gasteiger partial charge in [0, 0.05) is 4.75 Å². The summed E-state index contributed by atoms with van der Waals surface area (Å²) >= 11 is 1.81. The van der Waals surface area contributed by atoms with Crippen molar-refractivity contribution in [3.63, 3.8) is 0 Å². The first-order valence-electron chi connectivity index (χ1n) is 6.81. The molecule has 1 saturated heterocycles. The zero-order valence-corrected chi connectivity index (χ0v) is 12.8. The van der Waals surface area contributed by atoms with E-state index in [0.717, 1.165) is 37.5 Å². The molecule has 1 aromatic rings. The van der Waals surface area contributed by atoms with Crippen LogP contribution >= 0.6 is 11.8 Å². The number of ether oxygens (including phenoxy) is 1. The van der Waals surface area contributed by atoms with E-state index in [0.29, 0.717) is 18.6 Å². The van der Waals surface area contributed by atoms with Crippen molar-refractivity contribution in [1.82, 2.24) is 15.5 Å². The number of piperidine rings is 1. The fourth-order valence-corrected chi connectivity index (χ4v) is 2.52. The molecule has 1 aliphatic rings. The van der Waals surface area contributed by atoms with Crippen LogP contribution in [0.25, 0.3) is 0 Å². The molecule has 0 spiro atoms. The van der Waals surface area contributed by atoms with Crippen molar-refractivity contribution in [2.24, 2.45) is 0 Å². The van der Waals surface area contributed by atoms with Crippen molar-refractivity contribution >= 4 is 11.8 Å². The average Bonchev–Trinajstić information content (AvgIpc) is 2.82. The van der Waals surface area contributed by atoms with Crippen LogP contribution in [0.15, 0.2) is 4.52 Å². The van der Waals surface area contributed by atoms with E-state index >= 15 is 0 Å². The van der Waals surface area contributed by atoms with E-state index < -0.39 is 0 Å². The lowest BCUT2D eigenvalue weighted by Gasteiger charge is -2.21. The van der Waals surface area contributed by atoms with E-state index in [1.165, 1.54) is 0 Å². The first-order valence-corrected chi connectivity index (χ1v) is 7.79. The smallest absolute Gasteiger partial charge is 0.252 e. The molecule has 0 aromatic carbocycles. The van der Waals surface area contributed by atoms with E-state index in [9.17, 15) is 0 Å². The molecule has 1 aromatic heterocycles. The normalized spacial score (nSPS) is 17.8. The Bertz CT molecular complexity index is 383.